The van der Waals surface area contributed by atoms with Gasteiger partial charge < -0.3 is 4.74 Å². The van der Waals surface area contributed by atoms with Crippen LogP contribution in [0.3, 0.4) is 0 Å². The van der Waals surface area contributed by atoms with Crippen molar-refractivity contribution in [3.63, 3.8) is 0 Å². The van der Waals surface area contributed by atoms with Gasteiger partial charge in [-0.15, -0.1) is 0 Å². The normalized spacial score (nSPS) is 14.1. The van der Waals surface area contributed by atoms with Gasteiger partial charge in [0.25, 0.3) is 0 Å². The molecule has 0 spiro atoms. The van der Waals surface area contributed by atoms with Crippen LogP contribution in [0.1, 0.15) is 17.5 Å². The molecule has 2 heteroatoms. The maximum Gasteiger partial charge on any atom is 0.137 e. The summed E-state index contributed by atoms with van der Waals surface area (Å²) in [6.45, 7) is 0. The molecular formula is C17H16O2. The Morgan fingerprint density at radius 2 is 1.63 bits per heavy atom. The second-order valence-corrected chi connectivity index (χ2v) is 4.93. The molecule has 0 bridgehead atoms. The van der Waals surface area contributed by atoms with Crippen LogP contribution in [0.4, 0.5) is 0 Å². The summed E-state index contributed by atoms with van der Waals surface area (Å²) in [6, 6.07) is 14.5. The monoisotopic (exact) mass is 252 g/mol. The summed E-state index contributed by atoms with van der Waals surface area (Å²) >= 11 is 0. The van der Waals surface area contributed by atoms with E-state index < -0.39 is 0 Å². The quantitative estimate of drug-likeness (QED) is 0.818. The van der Waals surface area contributed by atoms with Crippen LogP contribution >= 0.6 is 0 Å². The van der Waals surface area contributed by atoms with Gasteiger partial charge in [0.1, 0.15) is 11.5 Å². The van der Waals surface area contributed by atoms with Crippen molar-refractivity contribution >= 4 is 5.78 Å². The molecule has 2 aromatic carbocycles. The number of benzene rings is 2. The molecule has 2 nitrogen and oxygen atoms in total. The Bertz CT molecular complexity index is 612. The molecule has 96 valence electrons. The number of Topliss-reactive ketones (excluding diaryl/α,β-unsaturated/α-hetero) is 1. The second-order valence-electron chi connectivity index (χ2n) is 4.93. The van der Waals surface area contributed by atoms with Gasteiger partial charge in [-0.05, 0) is 40.8 Å². The molecule has 0 unspecified atom stereocenters. The molecule has 0 amide bonds. The molecule has 19 heavy (non-hydrogen) atoms. The summed E-state index contributed by atoms with van der Waals surface area (Å²) in [6.07, 6.45) is 2.15. The molecule has 0 aliphatic heterocycles. The first kappa shape index (κ1) is 12.0. The Labute approximate surface area is 113 Å². The minimum absolute atomic E-state index is 0.352. The molecule has 3 rings (SSSR count). The average molecular weight is 252 g/mol. The number of ketones is 1. The topological polar surface area (TPSA) is 26.3 Å². The SMILES string of the molecule is COc1ccc(-c2ccc3c(c2)CCC(=O)C3)cc1. The lowest BCUT2D eigenvalue weighted by Crippen LogP contribution is -2.12. The predicted molar refractivity (Wildman–Crippen MR) is 75.5 cm³/mol. The van der Waals surface area contributed by atoms with Gasteiger partial charge in [0, 0.05) is 12.8 Å². The fourth-order valence-corrected chi connectivity index (χ4v) is 2.57. The van der Waals surface area contributed by atoms with Crippen LogP contribution in [-0.4, -0.2) is 12.9 Å². The van der Waals surface area contributed by atoms with Crippen LogP contribution in [0.15, 0.2) is 42.5 Å². The Balaban J connectivity index is 1.95. The highest BCUT2D eigenvalue weighted by Gasteiger charge is 2.15. The van der Waals surface area contributed by atoms with Gasteiger partial charge >= 0.3 is 0 Å². The van der Waals surface area contributed by atoms with Crippen LogP contribution in [0, 0.1) is 0 Å². The Morgan fingerprint density at radius 1 is 0.895 bits per heavy atom. The zero-order chi connectivity index (χ0) is 13.2. The van der Waals surface area contributed by atoms with Gasteiger partial charge in [0.15, 0.2) is 0 Å². The fraction of sp³-hybridized carbons (Fsp3) is 0.235. The molecule has 0 radical (unpaired) electrons. The van der Waals surface area contributed by atoms with Gasteiger partial charge in [0.05, 0.1) is 7.11 Å². The summed E-state index contributed by atoms with van der Waals surface area (Å²) in [5.41, 5.74) is 4.89. The van der Waals surface area contributed by atoms with Crippen molar-refractivity contribution in [2.45, 2.75) is 19.3 Å². The Hall–Kier alpha value is -2.09. The van der Waals surface area contributed by atoms with E-state index in [9.17, 15) is 4.79 Å². The lowest BCUT2D eigenvalue weighted by Gasteiger charge is -2.16. The van der Waals surface area contributed by atoms with E-state index in [0.717, 1.165) is 12.2 Å². The number of fused-ring (bicyclic) bond motifs is 1. The summed E-state index contributed by atoms with van der Waals surface area (Å²) < 4.78 is 5.17. The van der Waals surface area contributed by atoms with E-state index in [-0.39, 0.29) is 0 Å². The molecule has 0 atom stereocenters. The van der Waals surface area contributed by atoms with Crippen LogP contribution in [0.5, 0.6) is 5.75 Å². The van der Waals surface area contributed by atoms with Gasteiger partial charge in [-0.3, -0.25) is 4.79 Å². The molecule has 1 aliphatic carbocycles. The summed E-state index contributed by atoms with van der Waals surface area (Å²) in [5.74, 6) is 1.22. The van der Waals surface area contributed by atoms with Crippen LogP contribution in [-0.2, 0) is 17.6 Å². The third-order valence-electron chi connectivity index (χ3n) is 3.69. The van der Waals surface area contributed by atoms with Crippen molar-refractivity contribution in [3.05, 3.63) is 53.6 Å². The van der Waals surface area contributed by atoms with E-state index >= 15 is 0 Å². The van der Waals surface area contributed by atoms with E-state index in [0.29, 0.717) is 18.6 Å². The predicted octanol–water partition coefficient (Wildman–Crippen LogP) is 3.42. The average Bonchev–Trinajstić information content (AvgIpc) is 2.47. The first-order chi connectivity index (χ1) is 9.26. The number of carbonyl (C=O) groups is 1. The Kier molecular flexibility index (Phi) is 3.08. The fourth-order valence-electron chi connectivity index (χ4n) is 2.57. The number of rotatable bonds is 2. The zero-order valence-corrected chi connectivity index (χ0v) is 11.0. The van der Waals surface area contributed by atoms with Crippen molar-refractivity contribution in [2.24, 2.45) is 0 Å². The highest BCUT2D eigenvalue weighted by atomic mass is 16.5. The largest absolute Gasteiger partial charge is 0.497 e. The highest BCUT2D eigenvalue weighted by Crippen LogP contribution is 2.27. The first-order valence-corrected chi connectivity index (χ1v) is 6.54. The third kappa shape index (κ3) is 2.39. The van der Waals surface area contributed by atoms with Gasteiger partial charge in [0.2, 0.25) is 0 Å². The molecule has 0 heterocycles. The van der Waals surface area contributed by atoms with Crippen molar-refractivity contribution < 1.29 is 9.53 Å². The van der Waals surface area contributed by atoms with Gasteiger partial charge in [-0.2, -0.15) is 0 Å². The van der Waals surface area contributed by atoms with Crippen molar-refractivity contribution in [1.82, 2.24) is 0 Å². The van der Waals surface area contributed by atoms with E-state index in [2.05, 4.69) is 30.3 Å². The molecule has 0 aromatic heterocycles. The zero-order valence-electron chi connectivity index (χ0n) is 11.0. The molecule has 2 aromatic rings. The van der Waals surface area contributed by atoms with E-state index in [1.165, 1.54) is 22.3 Å². The summed E-state index contributed by atoms with van der Waals surface area (Å²) in [7, 11) is 1.67. The number of methoxy groups -OCH3 is 1. The first-order valence-electron chi connectivity index (χ1n) is 6.54. The van der Waals surface area contributed by atoms with E-state index in [1.807, 2.05) is 12.1 Å². The number of carbonyl (C=O) groups excluding carboxylic acids is 1. The number of ether oxygens (including phenoxy) is 1. The summed E-state index contributed by atoms with van der Waals surface area (Å²) in [4.78, 5) is 11.4. The van der Waals surface area contributed by atoms with Gasteiger partial charge in [-0.25, -0.2) is 0 Å². The van der Waals surface area contributed by atoms with Crippen LogP contribution < -0.4 is 4.74 Å². The maximum atomic E-state index is 11.4. The Morgan fingerprint density at radius 3 is 2.37 bits per heavy atom. The molecule has 0 N–H and O–H groups in total. The van der Waals surface area contributed by atoms with Gasteiger partial charge in [-0.1, -0.05) is 30.3 Å². The second kappa shape index (κ2) is 4.88. The molecule has 0 saturated carbocycles. The van der Waals surface area contributed by atoms with Crippen LogP contribution in [0.25, 0.3) is 11.1 Å². The molecule has 0 saturated heterocycles. The van der Waals surface area contributed by atoms with Crippen molar-refractivity contribution in [3.8, 4) is 16.9 Å². The molecule has 1 aliphatic rings. The third-order valence-corrected chi connectivity index (χ3v) is 3.69. The minimum atomic E-state index is 0.352. The lowest BCUT2D eigenvalue weighted by atomic mass is 9.88. The molecular weight excluding hydrogens is 236 g/mol. The van der Waals surface area contributed by atoms with Crippen molar-refractivity contribution in [1.29, 1.82) is 0 Å². The van der Waals surface area contributed by atoms with E-state index in [4.69, 9.17) is 4.74 Å². The number of hydrogen-bond donors (Lipinski definition) is 0. The highest BCUT2D eigenvalue weighted by molar-refractivity contribution is 5.83. The van der Waals surface area contributed by atoms with Crippen LogP contribution in [0.2, 0.25) is 0 Å². The number of aryl methyl sites for hydroxylation is 1. The minimum Gasteiger partial charge on any atom is -0.497 e. The number of hydrogen-bond acceptors (Lipinski definition) is 2. The molecule has 0 fully saturated rings. The standard InChI is InChI=1S/C17H16O2/c1-19-17-8-5-12(6-9-17)13-2-3-15-11-16(18)7-4-14(15)10-13/h2-3,5-6,8-10H,4,7,11H2,1H3. The van der Waals surface area contributed by atoms with Crippen molar-refractivity contribution in [2.75, 3.05) is 7.11 Å². The van der Waals surface area contributed by atoms with E-state index in [1.54, 1.807) is 7.11 Å². The smallest absolute Gasteiger partial charge is 0.137 e. The maximum absolute atomic E-state index is 11.4. The summed E-state index contributed by atoms with van der Waals surface area (Å²) in [5, 5.41) is 0. The lowest BCUT2D eigenvalue weighted by molar-refractivity contribution is -0.118.